The van der Waals surface area contributed by atoms with E-state index >= 15 is 0 Å². The van der Waals surface area contributed by atoms with E-state index in [4.69, 9.17) is 15.4 Å². The Morgan fingerprint density at radius 3 is 2.90 bits per heavy atom. The number of nitrogens with zero attached hydrogens (tertiary/aromatic N) is 2. The van der Waals surface area contributed by atoms with Crippen molar-refractivity contribution in [3.63, 3.8) is 0 Å². The van der Waals surface area contributed by atoms with E-state index in [9.17, 15) is 4.39 Å². The van der Waals surface area contributed by atoms with E-state index in [1.165, 1.54) is 12.1 Å². The molecule has 0 unspecified atom stereocenters. The van der Waals surface area contributed by atoms with Gasteiger partial charge in [-0.2, -0.15) is 10.2 Å². The van der Waals surface area contributed by atoms with Gasteiger partial charge in [0.2, 0.25) is 0 Å². The summed E-state index contributed by atoms with van der Waals surface area (Å²) in [4.78, 5) is 4.21. The van der Waals surface area contributed by atoms with Crippen LogP contribution in [-0.2, 0) is 0 Å². The number of halogens is 1. The highest BCUT2D eigenvalue weighted by Crippen LogP contribution is 2.25. The molecule has 0 aliphatic carbocycles. The topological polar surface area (TPSA) is 87.9 Å². The summed E-state index contributed by atoms with van der Waals surface area (Å²) < 4.78 is 18.5. The number of nitrogens with two attached hydrogens (primary N) is 1. The molecule has 6 heteroatoms. The Bertz CT molecular complexity index is 835. The molecule has 1 aromatic heterocycles. The summed E-state index contributed by atoms with van der Waals surface area (Å²) in [5.74, 6) is -0.475. The predicted octanol–water partition coefficient (Wildman–Crippen LogP) is 3.16. The van der Waals surface area contributed by atoms with Crippen molar-refractivity contribution in [1.29, 1.82) is 5.26 Å². The minimum Gasteiger partial charge on any atom is -0.423 e. The van der Waals surface area contributed by atoms with Crippen molar-refractivity contribution in [2.24, 2.45) is 0 Å². The molecule has 3 N–H and O–H groups in total. The van der Waals surface area contributed by atoms with Gasteiger partial charge in [-0.15, -0.1) is 0 Å². The van der Waals surface area contributed by atoms with Crippen molar-refractivity contribution < 1.29 is 8.81 Å². The molecule has 0 saturated heterocycles. The van der Waals surface area contributed by atoms with Crippen molar-refractivity contribution in [2.45, 2.75) is 0 Å². The lowest BCUT2D eigenvalue weighted by atomic mass is 10.2. The van der Waals surface area contributed by atoms with Gasteiger partial charge in [0, 0.05) is 11.8 Å². The van der Waals surface area contributed by atoms with Crippen LogP contribution in [0.1, 0.15) is 5.56 Å². The first-order valence-electron chi connectivity index (χ1n) is 5.78. The van der Waals surface area contributed by atoms with E-state index in [1.54, 1.807) is 18.2 Å². The number of rotatable bonds is 2. The Balaban J connectivity index is 1.99. The standard InChI is InChI=1S/C14H9FN4O/c15-9-1-3-11(8(5-9)7-16)18-14-19-12-4-2-10(17)6-13(12)20-14/h1-6H,17H2,(H,18,19). The lowest BCUT2D eigenvalue weighted by Gasteiger charge is -2.03. The van der Waals surface area contributed by atoms with Gasteiger partial charge in [-0.1, -0.05) is 0 Å². The van der Waals surface area contributed by atoms with Crippen molar-refractivity contribution in [3.8, 4) is 6.07 Å². The van der Waals surface area contributed by atoms with Crippen LogP contribution in [0, 0.1) is 17.1 Å². The molecule has 98 valence electrons. The molecule has 0 radical (unpaired) electrons. The largest absolute Gasteiger partial charge is 0.423 e. The average Bonchev–Trinajstić information content (AvgIpc) is 2.82. The van der Waals surface area contributed by atoms with Crippen LogP contribution >= 0.6 is 0 Å². The molecule has 0 saturated carbocycles. The average molecular weight is 268 g/mol. The first kappa shape index (κ1) is 12.0. The van der Waals surface area contributed by atoms with E-state index in [2.05, 4.69) is 10.3 Å². The van der Waals surface area contributed by atoms with Crippen LogP contribution in [0.2, 0.25) is 0 Å². The molecule has 0 bridgehead atoms. The van der Waals surface area contributed by atoms with Gasteiger partial charge in [0.1, 0.15) is 17.4 Å². The summed E-state index contributed by atoms with van der Waals surface area (Å²) in [5.41, 5.74) is 8.00. The molecule has 0 aliphatic heterocycles. The zero-order valence-corrected chi connectivity index (χ0v) is 10.2. The maximum atomic E-state index is 13.1. The molecule has 2 aromatic carbocycles. The van der Waals surface area contributed by atoms with E-state index in [0.717, 1.165) is 6.07 Å². The zero-order chi connectivity index (χ0) is 14.1. The summed E-state index contributed by atoms with van der Waals surface area (Å²) >= 11 is 0. The highest BCUT2D eigenvalue weighted by Gasteiger charge is 2.09. The van der Waals surface area contributed by atoms with Crippen molar-refractivity contribution in [3.05, 3.63) is 47.8 Å². The quantitative estimate of drug-likeness (QED) is 0.697. The molecule has 3 aromatic rings. The first-order chi connectivity index (χ1) is 9.65. The van der Waals surface area contributed by atoms with Crippen LogP contribution in [0.15, 0.2) is 40.8 Å². The molecular formula is C14H9FN4O. The van der Waals surface area contributed by atoms with Gasteiger partial charge in [-0.3, -0.25) is 0 Å². The lowest BCUT2D eigenvalue weighted by Crippen LogP contribution is -1.94. The Kier molecular flexibility index (Phi) is 2.73. The smallest absolute Gasteiger partial charge is 0.300 e. The monoisotopic (exact) mass is 268 g/mol. The highest BCUT2D eigenvalue weighted by atomic mass is 19.1. The second-order valence-electron chi connectivity index (χ2n) is 4.17. The fraction of sp³-hybridized carbons (Fsp3) is 0. The summed E-state index contributed by atoms with van der Waals surface area (Å²) in [6.07, 6.45) is 0. The molecule has 5 nitrogen and oxygen atoms in total. The molecule has 0 spiro atoms. The maximum absolute atomic E-state index is 13.1. The Labute approximate surface area is 113 Å². The third-order valence-electron chi connectivity index (χ3n) is 2.76. The number of fused-ring (bicyclic) bond motifs is 1. The van der Waals surface area contributed by atoms with Crippen molar-refractivity contribution in [2.75, 3.05) is 11.1 Å². The van der Waals surface area contributed by atoms with Crippen LogP contribution in [0.4, 0.5) is 21.8 Å². The van der Waals surface area contributed by atoms with Crippen LogP contribution < -0.4 is 11.1 Å². The number of nitriles is 1. The maximum Gasteiger partial charge on any atom is 0.300 e. The number of anilines is 3. The van der Waals surface area contributed by atoms with E-state index in [0.29, 0.717) is 22.5 Å². The summed E-state index contributed by atoms with van der Waals surface area (Å²) in [6, 6.07) is 11.1. The van der Waals surface area contributed by atoms with E-state index < -0.39 is 5.82 Å². The zero-order valence-electron chi connectivity index (χ0n) is 10.2. The van der Waals surface area contributed by atoms with Gasteiger partial charge in [0.15, 0.2) is 5.58 Å². The third kappa shape index (κ3) is 2.12. The number of nitrogen functional groups attached to an aromatic ring is 1. The van der Waals surface area contributed by atoms with Crippen LogP contribution in [0.3, 0.4) is 0 Å². The lowest BCUT2D eigenvalue weighted by molar-refractivity contribution is 0.621. The summed E-state index contributed by atoms with van der Waals surface area (Å²) in [7, 11) is 0. The molecular weight excluding hydrogens is 259 g/mol. The van der Waals surface area contributed by atoms with Gasteiger partial charge < -0.3 is 15.5 Å². The molecule has 0 atom stereocenters. The van der Waals surface area contributed by atoms with Crippen LogP contribution in [0.5, 0.6) is 0 Å². The molecule has 1 heterocycles. The number of hydrogen-bond acceptors (Lipinski definition) is 5. The van der Waals surface area contributed by atoms with E-state index in [-0.39, 0.29) is 11.6 Å². The van der Waals surface area contributed by atoms with E-state index in [1.807, 2.05) is 6.07 Å². The van der Waals surface area contributed by atoms with Gasteiger partial charge >= 0.3 is 0 Å². The van der Waals surface area contributed by atoms with Gasteiger partial charge in [-0.05, 0) is 30.3 Å². The van der Waals surface area contributed by atoms with Crippen molar-refractivity contribution in [1.82, 2.24) is 4.98 Å². The Morgan fingerprint density at radius 2 is 2.10 bits per heavy atom. The molecule has 0 fully saturated rings. The van der Waals surface area contributed by atoms with Gasteiger partial charge in [0.25, 0.3) is 6.01 Å². The number of nitrogens with one attached hydrogen (secondary N) is 1. The molecule has 3 rings (SSSR count). The third-order valence-corrected chi connectivity index (χ3v) is 2.76. The first-order valence-corrected chi connectivity index (χ1v) is 5.78. The normalized spacial score (nSPS) is 10.4. The molecule has 0 aliphatic rings. The van der Waals surface area contributed by atoms with Gasteiger partial charge in [0.05, 0.1) is 11.3 Å². The fourth-order valence-electron chi connectivity index (χ4n) is 1.83. The number of hydrogen-bond donors (Lipinski definition) is 2. The minimum atomic E-state index is -0.475. The SMILES string of the molecule is N#Cc1cc(F)ccc1Nc1nc2ccc(N)cc2o1. The second-order valence-corrected chi connectivity index (χ2v) is 4.17. The summed E-state index contributed by atoms with van der Waals surface area (Å²) in [6.45, 7) is 0. The molecule has 0 amide bonds. The van der Waals surface area contributed by atoms with Crippen LogP contribution in [-0.4, -0.2) is 4.98 Å². The predicted molar refractivity (Wildman–Crippen MR) is 72.8 cm³/mol. The van der Waals surface area contributed by atoms with Gasteiger partial charge in [-0.25, -0.2) is 4.39 Å². The second kappa shape index (κ2) is 4.55. The Hall–Kier alpha value is -3.07. The fourth-order valence-corrected chi connectivity index (χ4v) is 1.83. The molecule has 20 heavy (non-hydrogen) atoms. The summed E-state index contributed by atoms with van der Waals surface area (Å²) in [5, 5.41) is 11.8. The highest BCUT2D eigenvalue weighted by molar-refractivity contribution is 5.79. The Morgan fingerprint density at radius 1 is 1.25 bits per heavy atom. The number of aromatic nitrogens is 1. The minimum absolute atomic E-state index is 0.173. The number of benzene rings is 2. The number of oxazole rings is 1. The van der Waals surface area contributed by atoms with Crippen molar-refractivity contribution >= 4 is 28.5 Å². The van der Waals surface area contributed by atoms with Crippen LogP contribution in [0.25, 0.3) is 11.1 Å².